The number of hydrogen-bond acceptors (Lipinski definition) is 6. The Hall–Kier alpha value is -2.87. The molecule has 0 unspecified atom stereocenters. The molecule has 0 aliphatic carbocycles. The van der Waals surface area contributed by atoms with Gasteiger partial charge in [0.15, 0.2) is 0 Å². The third-order valence-electron chi connectivity index (χ3n) is 4.65. The predicted molar refractivity (Wildman–Crippen MR) is 112 cm³/mol. The molecule has 1 aromatic heterocycles. The average molecular weight is 416 g/mol. The fraction of sp³-hybridized carbons (Fsp3) is 0.381. The number of amides is 2. The van der Waals surface area contributed by atoms with Gasteiger partial charge in [0, 0.05) is 31.9 Å². The van der Waals surface area contributed by atoms with E-state index in [0.29, 0.717) is 38.3 Å². The summed E-state index contributed by atoms with van der Waals surface area (Å²) in [7, 11) is 0. The quantitative estimate of drug-likeness (QED) is 0.704. The lowest BCUT2D eigenvalue weighted by Crippen LogP contribution is -2.51. The van der Waals surface area contributed by atoms with Crippen molar-refractivity contribution >= 4 is 34.8 Å². The highest BCUT2D eigenvalue weighted by Crippen LogP contribution is 2.14. The third kappa shape index (κ3) is 5.57. The number of nitrogens with one attached hydrogen (secondary N) is 1. The van der Waals surface area contributed by atoms with Crippen LogP contribution in [0.2, 0.25) is 0 Å². The molecule has 154 valence electrons. The van der Waals surface area contributed by atoms with Gasteiger partial charge < -0.3 is 19.9 Å². The second-order valence-electron chi connectivity index (χ2n) is 6.72. The molecule has 3 rings (SSSR count). The number of ether oxygens (including phenoxy) is 1. The molecule has 1 aliphatic rings. The second-order valence-corrected chi connectivity index (χ2v) is 7.66. The fourth-order valence-corrected chi connectivity index (χ4v) is 3.70. The summed E-state index contributed by atoms with van der Waals surface area (Å²) in [6.45, 7) is 4.64. The van der Waals surface area contributed by atoms with Crippen molar-refractivity contribution in [1.29, 1.82) is 0 Å². The summed E-state index contributed by atoms with van der Waals surface area (Å²) in [5.74, 6) is -0.327. The van der Waals surface area contributed by atoms with E-state index < -0.39 is 0 Å². The maximum atomic E-state index is 12.5. The number of benzene rings is 1. The predicted octanol–water partition coefficient (Wildman–Crippen LogP) is 2.71. The first kappa shape index (κ1) is 20.9. The molecular weight excluding hydrogens is 390 g/mol. The summed E-state index contributed by atoms with van der Waals surface area (Å²) in [5, 5.41) is 4.97. The van der Waals surface area contributed by atoms with E-state index in [1.807, 2.05) is 24.4 Å². The van der Waals surface area contributed by atoms with Gasteiger partial charge in [-0.3, -0.25) is 9.59 Å². The lowest BCUT2D eigenvalue weighted by Gasteiger charge is -2.34. The molecule has 1 aliphatic heterocycles. The highest BCUT2D eigenvalue weighted by Gasteiger charge is 2.25. The van der Waals surface area contributed by atoms with Gasteiger partial charge in [-0.25, -0.2) is 4.79 Å². The summed E-state index contributed by atoms with van der Waals surface area (Å²) in [6.07, 6.45) is 0.782. The summed E-state index contributed by atoms with van der Waals surface area (Å²) < 4.78 is 5.10. The number of anilines is 1. The van der Waals surface area contributed by atoms with Crippen molar-refractivity contribution in [3.63, 3.8) is 0 Å². The van der Waals surface area contributed by atoms with Crippen molar-refractivity contribution in [2.75, 3.05) is 44.6 Å². The smallest absolute Gasteiger partial charge is 0.338 e. The van der Waals surface area contributed by atoms with Gasteiger partial charge >= 0.3 is 5.97 Å². The number of nitrogens with zero attached hydrogens (tertiary/aromatic N) is 2. The zero-order chi connectivity index (χ0) is 20.6. The molecule has 0 bridgehead atoms. The molecular formula is C21H25N3O4S. The Morgan fingerprint density at radius 2 is 1.72 bits per heavy atom. The Kier molecular flexibility index (Phi) is 7.24. The van der Waals surface area contributed by atoms with Crippen LogP contribution in [0.5, 0.6) is 0 Å². The topological polar surface area (TPSA) is 79.0 Å². The molecule has 8 heteroatoms. The highest BCUT2D eigenvalue weighted by molar-refractivity contribution is 7.12. The first-order chi connectivity index (χ1) is 14.1. The molecule has 29 heavy (non-hydrogen) atoms. The summed E-state index contributed by atoms with van der Waals surface area (Å²) in [6, 6.07) is 10.6. The van der Waals surface area contributed by atoms with Gasteiger partial charge in [0.05, 0.1) is 23.6 Å². The highest BCUT2D eigenvalue weighted by atomic mass is 32.1. The van der Waals surface area contributed by atoms with E-state index in [4.69, 9.17) is 4.74 Å². The van der Waals surface area contributed by atoms with Crippen LogP contribution in [0.1, 0.15) is 33.4 Å². The molecule has 2 amide bonds. The molecule has 2 heterocycles. The van der Waals surface area contributed by atoms with Gasteiger partial charge in [-0.2, -0.15) is 0 Å². The van der Waals surface area contributed by atoms with Crippen LogP contribution in [0.4, 0.5) is 5.69 Å². The molecule has 1 saturated heterocycles. The van der Waals surface area contributed by atoms with Crippen molar-refractivity contribution < 1.29 is 19.1 Å². The van der Waals surface area contributed by atoms with Crippen LogP contribution in [0.25, 0.3) is 0 Å². The van der Waals surface area contributed by atoms with Crippen LogP contribution in [-0.4, -0.2) is 66.9 Å². The van der Waals surface area contributed by atoms with Crippen molar-refractivity contribution in [1.82, 2.24) is 9.80 Å². The Balaban J connectivity index is 1.43. The number of hydrogen-bond donors (Lipinski definition) is 1. The van der Waals surface area contributed by atoms with Gasteiger partial charge in [-0.15, -0.1) is 11.3 Å². The number of esters is 1. The Morgan fingerprint density at radius 3 is 2.34 bits per heavy atom. The van der Waals surface area contributed by atoms with E-state index in [1.165, 1.54) is 11.3 Å². The van der Waals surface area contributed by atoms with Crippen LogP contribution in [0.15, 0.2) is 41.8 Å². The van der Waals surface area contributed by atoms with Gasteiger partial charge in [-0.05, 0) is 42.1 Å². The second kappa shape index (κ2) is 10.1. The molecule has 1 fully saturated rings. The van der Waals surface area contributed by atoms with Gasteiger partial charge in [0.2, 0.25) is 5.91 Å². The van der Waals surface area contributed by atoms with Crippen molar-refractivity contribution in [3.8, 4) is 0 Å². The number of rotatable bonds is 7. The van der Waals surface area contributed by atoms with Crippen LogP contribution >= 0.6 is 11.3 Å². The van der Waals surface area contributed by atoms with Crippen LogP contribution in [-0.2, 0) is 9.53 Å². The molecule has 0 saturated carbocycles. The van der Waals surface area contributed by atoms with Gasteiger partial charge in [0.1, 0.15) is 0 Å². The average Bonchev–Trinajstić information content (AvgIpc) is 3.30. The fourth-order valence-electron chi connectivity index (χ4n) is 3.01. The van der Waals surface area contributed by atoms with E-state index in [9.17, 15) is 14.4 Å². The van der Waals surface area contributed by atoms with E-state index >= 15 is 0 Å². The summed E-state index contributed by atoms with van der Waals surface area (Å²) >= 11 is 1.43. The standard InChI is InChI=1S/C21H25N3O4S/c1-2-13-28-21(27)16-5-7-17(8-6-16)22-15-19(25)23-9-11-24(12-10-23)20(26)18-4-3-14-29-18/h3-8,14,22H,2,9-13,15H2,1H3. The van der Waals surface area contributed by atoms with E-state index in [1.54, 1.807) is 34.1 Å². The normalized spacial score (nSPS) is 13.8. The van der Waals surface area contributed by atoms with E-state index in [0.717, 1.165) is 17.0 Å². The number of thiophene rings is 1. The first-order valence-electron chi connectivity index (χ1n) is 9.70. The maximum Gasteiger partial charge on any atom is 0.338 e. The Bertz CT molecular complexity index is 828. The van der Waals surface area contributed by atoms with Crippen molar-refractivity contribution in [3.05, 3.63) is 52.2 Å². The van der Waals surface area contributed by atoms with Crippen molar-refractivity contribution in [2.24, 2.45) is 0 Å². The van der Waals surface area contributed by atoms with Gasteiger partial charge in [-0.1, -0.05) is 13.0 Å². The summed E-state index contributed by atoms with van der Waals surface area (Å²) in [5.41, 5.74) is 1.25. The molecule has 0 radical (unpaired) electrons. The molecule has 1 aromatic carbocycles. The SMILES string of the molecule is CCCOC(=O)c1ccc(NCC(=O)N2CCN(C(=O)c3cccs3)CC2)cc1. The third-order valence-corrected chi connectivity index (χ3v) is 5.51. The monoisotopic (exact) mass is 415 g/mol. The Morgan fingerprint density at radius 1 is 1.03 bits per heavy atom. The summed E-state index contributed by atoms with van der Waals surface area (Å²) in [4.78, 5) is 40.9. The lowest BCUT2D eigenvalue weighted by atomic mass is 10.2. The minimum Gasteiger partial charge on any atom is -0.462 e. The number of piperazine rings is 1. The zero-order valence-corrected chi connectivity index (χ0v) is 17.2. The number of carbonyl (C=O) groups is 3. The molecule has 1 N–H and O–H groups in total. The number of carbonyl (C=O) groups excluding carboxylic acids is 3. The van der Waals surface area contributed by atoms with Crippen LogP contribution in [0, 0.1) is 0 Å². The van der Waals surface area contributed by atoms with Crippen LogP contribution in [0.3, 0.4) is 0 Å². The first-order valence-corrected chi connectivity index (χ1v) is 10.6. The van der Waals surface area contributed by atoms with E-state index in [2.05, 4.69) is 5.32 Å². The molecule has 2 aromatic rings. The minimum atomic E-state index is -0.343. The lowest BCUT2D eigenvalue weighted by molar-refractivity contribution is -0.130. The zero-order valence-electron chi connectivity index (χ0n) is 16.4. The molecule has 0 spiro atoms. The van der Waals surface area contributed by atoms with E-state index in [-0.39, 0.29) is 24.3 Å². The van der Waals surface area contributed by atoms with Crippen LogP contribution < -0.4 is 5.32 Å². The van der Waals surface area contributed by atoms with Gasteiger partial charge in [0.25, 0.3) is 5.91 Å². The minimum absolute atomic E-state index is 0.0142. The maximum absolute atomic E-state index is 12.5. The van der Waals surface area contributed by atoms with Crippen molar-refractivity contribution in [2.45, 2.75) is 13.3 Å². The molecule has 7 nitrogen and oxygen atoms in total. The molecule has 0 atom stereocenters. The largest absolute Gasteiger partial charge is 0.462 e. The Labute approximate surface area is 174 Å².